The second kappa shape index (κ2) is 6.06. The molecule has 0 bridgehead atoms. The van der Waals surface area contributed by atoms with Crippen LogP contribution in [0.3, 0.4) is 0 Å². The number of aromatic amines is 2. The molecule has 0 aliphatic heterocycles. The molecule has 4 rings (SSSR count). The van der Waals surface area contributed by atoms with Crippen LogP contribution in [0, 0.1) is 0 Å². The van der Waals surface area contributed by atoms with Crippen LogP contribution in [0.1, 0.15) is 0 Å². The zero-order chi connectivity index (χ0) is 19.3. The quantitative estimate of drug-likeness (QED) is 0.566. The fourth-order valence-electron chi connectivity index (χ4n) is 3.38. The number of nitrogens with one attached hydrogen (secondary N) is 2. The fraction of sp³-hybridized carbons (Fsp3) is 0.200. The monoisotopic (exact) mass is 382 g/mol. The molecule has 7 heteroatoms. The van der Waals surface area contributed by atoms with Crippen molar-refractivity contribution in [3.8, 4) is 0 Å². The number of hydrogen-bond donors (Lipinski definition) is 2. The first-order chi connectivity index (χ1) is 12.8. The molecule has 0 unspecified atom stereocenters. The highest BCUT2D eigenvalue weighted by molar-refractivity contribution is 7.91. The molecule has 0 aliphatic rings. The Morgan fingerprint density at radius 1 is 0.704 bits per heavy atom. The molecule has 0 atom stereocenters. The normalized spacial score (nSPS) is 12.0. The van der Waals surface area contributed by atoms with Crippen LogP contribution < -0.4 is 9.80 Å². The zero-order valence-electron chi connectivity index (χ0n) is 15.7. The molecular formula is C20H22N4O2S. The number of nitrogens with zero attached hydrogens (tertiary/aromatic N) is 2. The topological polar surface area (TPSA) is 72.2 Å². The van der Waals surface area contributed by atoms with E-state index in [9.17, 15) is 8.42 Å². The minimum Gasteiger partial charge on any atom is -0.376 e. The van der Waals surface area contributed by atoms with Gasteiger partial charge in [-0.25, -0.2) is 8.42 Å². The van der Waals surface area contributed by atoms with Gasteiger partial charge >= 0.3 is 0 Å². The van der Waals surface area contributed by atoms with E-state index in [4.69, 9.17) is 0 Å². The number of benzene rings is 2. The third-order valence-corrected chi connectivity index (χ3v) is 6.60. The molecule has 0 fully saturated rings. The number of H-pyrrole nitrogens is 2. The molecule has 0 aliphatic carbocycles. The van der Waals surface area contributed by atoms with Gasteiger partial charge in [-0.1, -0.05) is 0 Å². The first-order valence-corrected chi connectivity index (χ1v) is 10.1. The number of aromatic nitrogens is 2. The Balaban J connectivity index is 1.88. The van der Waals surface area contributed by atoms with E-state index in [1.165, 1.54) is 0 Å². The number of sulfone groups is 1. The van der Waals surface area contributed by atoms with Gasteiger partial charge in [-0.05, 0) is 36.4 Å². The molecule has 27 heavy (non-hydrogen) atoms. The van der Waals surface area contributed by atoms with Crippen molar-refractivity contribution < 1.29 is 8.42 Å². The average Bonchev–Trinajstić information content (AvgIpc) is 3.24. The van der Waals surface area contributed by atoms with Crippen molar-refractivity contribution in [3.05, 3.63) is 48.8 Å². The summed E-state index contributed by atoms with van der Waals surface area (Å²) in [5.74, 6) is 0. The maximum Gasteiger partial charge on any atom is 0.206 e. The number of rotatable bonds is 4. The summed E-state index contributed by atoms with van der Waals surface area (Å²) in [7, 11) is 4.12. The van der Waals surface area contributed by atoms with E-state index in [-0.39, 0.29) is 0 Å². The Hall–Kier alpha value is -2.93. The molecule has 2 aromatic heterocycles. The Kier molecular flexibility index (Phi) is 3.92. The maximum atomic E-state index is 13.3. The van der Waals surface area contributed by atoms with Gasteiger partial charge in [0.2, 0.25) is 9.84 Å². The van der Waals surface area contributed by atoms with Crippen LogP contribution in [-0.2, 0) is 9.84 Å². The van der Waals surface area contributed by atoms with Crippen LogP contribution in [0.5, 0.6) is 0 Å². The summed E-state index contributed by atoms with van der Waals surface area (Å²) >= 11 is 0. The molecule has 0 saturated heterocycles. The standard InChI is InChI=1S/C20H22N4O2S/c1-23(2)19-11-21-17-7-5-13(9-15(17)19)27(25,26)14-6-8-18-16(10-14)20(12-22-18)24(3)4/h5-12,21-22H,1-4H3. The predicted molar refractivity (Wildman–Crippen MR) is 111 cm³/mol. The minimum atomic E-state index is -3.63. The van der Waals surface area contributed by atoms with Gasteiger partial charge in [0, 0.05) is 62.4 Å². The van der Waals surface area contributed by atoms with Gasteiger partial charge in [-0.15, -0.1) is 0 Å². The van der Waals surface area contributed by atoms with E-state index in [0.717, 1.165) is 33.2 Å². The summed E-state index contributed by atoms with van der Waals surface area (Å²) in [6.07, 6.45) is 3.77. The summed E-state index contributed by atoms with van der Waals surface area (Å²) in [5, 5.41) is 1.77. The highest BCUT2D eigenvalue weighted by Gasteiger charge is 2.21. The smallest absolute Gasteiger partial charge is 0.206 e. The van der Waals surface area contributed by atoms with Gasteiger partial charge in [-0.3, -0.25) is 0 Å². The van der Waals surface area contributed by atoms with Crippen LogP contribution >= 0.6 is 0 Å². The number of fused-ring (bicyclic) bond motifs is 2. The summed E-state index contributed by atoms with van der Waals surface area (Å²) in [5.41, 5.74) is 3.73. The molecule has 4 aromatic rings. The molecule has 2 aromatic carbocycles. The number of hydrogen-bond acceptors (Lipinski definition) is 4. The van der Waals surface area contributed by atoms with E-state index in [2.05, 4.69) is 9.97 Å². The lowest BCUT2D eigenvalue weighted by Gasteiger charge is -2.12. The van der Waals surface area contributed by atoms with Gasteiger partial charge < -0.3 is 19.8 Å². The third kappa shape index (κ3) is 2.75. The molecule has 2 N–H and O–H groups in total. The van der Waals surface area contributed by atoms with Gasteiger partial charge in [0.1, 0.15) is 0 Å². The van der Waals surface area contributed by atoms with Crippen molar-refractivity contribution in [3.63, 3.8) is 0 Å². The Morgan fingerprint density at radius 3 is 1.48 bits per heavy atom. The van der Waals surface area contributed by atoms with E-state index in [1.807, 2.05) is 62.5 Å². The lowest BCUT2D eigenvalue weighted by molar-refractivity contribution is 0.596. The van der Waals surface area contributed by atoms with Gasteiger partial charge in [0.15, 0.2) is 0 Å². The second-order valence-electron chi connectivity index (χ2n) is 7.05. The maximum absolute atomic E-state index is 13.3. The number of anilines is 2. The van der Waals surface area contributed by atoms with E-state index < -0.39 is 9.84 Å². The first kappa shape index (κ1) is 17.5. The van der Waals surface area contributed by atoms with Crippen LogP contribution in [0.25, 0.3) is 21.8 Å². The van der Waals surface area contributed by atoms with Crippen LogP contribution in [0.4, 0.5) is 11.4 Å². The van der Waals surface area contributed by atoms with Crippen molar-refractivity contribution in [1.29, 1.82) is 0 Å². The molecule has 0 radical (unpaired) electrons. The van der Waals surface area contributed by atoms with Gasteiger partial charge in [0.25, 0.3) is 0 Å². The van der Waals surface area contributed by atoms with Crippen LogP contribution in [0.2, 0.25) is 0 Å². The van der Waals surface area contributed by atoms with Crippen molar-refractivity contribution in [2.24, 2.45) is 0 Å². The fourth-order valence-corrected chi connectivity index (χ4v) is 4.69. The minimum absolute atomic E-state index is 0.291. The zero-order valence-corrected chi connectivity index (χ0v) is 16.6. The van der Waals surface area contributed by atoms with Crippen LogP contribution in [0.15, 0.2) is 58.6 Å². The summed E-state index contributed by atoms with van der Waals surface area (Å²) in [4.78, 5) is 10.9. The summed E-state index contributed by atoms with van der Waals surface area (Å²) in [6, 6.07) is 10.4. The highest BCUT2D eigenvalue weighted by Crippen LogP contribution is 2.33. The Morgan fingerprint density at radius 2 is 1.11 bits per heavy atom. The van der Waals surface area contributed by atoms with Crippen molar-refractivity contribution in [2.75, 3.05) is 38.0 Å². The molecule has 0 amide bonds. The lowest BCUT2D eigenvalue weighted by atomic mass is 10.2. The molecule has 0 spiro atoms. The van der Waals surface area contributed by atoms with E-state index in [1.54, 1.807) is 24.3 Å². The van der Waals surface area contributed by atoms with Crippen molar-refractivity contribution >= 4 is 43.0 Å². The van der Waals surface area contributed by atoms with E-state index >= 15 is 0 Å². The van der Waals surface area contributed by atoms with Crippen molar-refractivity contribution in [1.82, 2.24) is 9.97 Å². The molecule has 2 heterocycles. The average molecular weight is 382 g/mol. The van der Waals surface area contributed by atoms with E-state index in [0.29, 0.717) is 9.79 Å². The molecule has 0 saturated carbocycles. The summed E-state index contributed by atoms with van der Waals surface area (Å²) < 4.78 is 26.6. The molecule has 140 valence electrons. The highest BCUT2D eigenvalue weighted by atomic mass is 32.2. The largest absolute Gasteiger partial charge is 0.376 e. The first-order valence-electron chi connectivity index (χ1n) is 8.61. The Labute approximate surface area is 158 Å². The van der Waals surface area contributed by atoms with Crippen molar-refractivity contribution in [2.45, 2.75) is 9.79 Å². The van der Waals surface area contributed by atoms with Crippen LogP contribution in [-0.4, -0.2) is 46.6 Å². The third-order valence-electron chi connectivity index (χ3n) is 4.85. The molecule has 6 nitrogen and oxygen atoms in total. The van der Waals surface area contributed by atoms with Gasteiger partial charge in [0.05, 0.1) is 21.2 Å². The van der Waals surface area contributed by atoms with Gasteiger partial charge in [-0.2, -0.15) is 0 Å². The Bertz CT molecular complexity index is 1160. The summed E-state index contributed by atoms with van der Waals surface area (Å²) in [6.45, 7) is 0. The second-order valence-corrected chi connectivity index (χ2v) is 9.00. The predicted octanol–water partition coefficient (Wildman–Crippen LogP) is 3.61. The lowest BCUT2D eigenvalue weighted by Crippen LogP contribution is -2.08. The molecular weight excluding hydrogens is 360 g/mol. The SMILES string of the molecule is CN(C)c1c[nH]c2ccc(S(=O)(=O)c3ccc4[nH]cc(N(C)C)c4c3)cc12.